The first-order valence-electron chi connectivity index (χ1n) is 5.12. The van der Waals surface area contributed by atoms with Gasteiger partial charge in [0.05, 0.1) is 0 Å². The van der Waals surface area contributed by atoms with E-state index in [1.165, 1.54) is 11.1 Å². The SMILES string of the molecule is Cc1ccc2c(c1)OC(C)C2C(C)N. The molecule has 0 aromatic heterocycles. The summed E-state index contributed by atoms with van der Waals surface area (Å²) in [4.78, 5) is 0. The molecule has 2 rings (SSSR count). The molecule has 76 valence electrons. The molecule has 1 heterocycles. The average Bonchev–Trinajstić information content (AvgIpc) is 2.39. The number of fused-ring (bicyclic) bond motifs is 1. The predicted octanol–water partition coefficient (Wildman–Crippen LogP) is 2.21. The third-order valence-electron chi connectivity index (χ3n) is 2.91. The maximum Gasteiger partial charge on any atom is 0.123 e. The molecule has 0 radical (unpaired) electrons. The first-order valence-corrected chi connectivity index (χ1v) is 5.12. The van der Waals surface area contributed by atoms with Crippen LogP contribution in [0, 0.1) is 6.92 Å². The molecular weight excluding hydrogens is 174 g/mol. The zero-order valence-electron chi connectivity index (χ0n) is 8.95. The van der Waals surface area contributed by atoms with E-state index in [1.54, 1.807) is 0 Å². The van der Waals surface area contributed by atoms with Gasteiger partial charge in [0.2, 0.25) is 0 Å². The Morgan fingerprint density at radius 2 is 2.14 bits per heavy atom. The number of hydrogen-bond acceptors (Lipinski definition) is 2. The van der Waals surface area contributed by atoms with Crippen molar-refractivity contribution in [2.24, 2.45) is 5.73 Å². The summed E-state index contributed by atoms with van der Waals surface area (Å²) in [5, 5.41) is 0. The molecule has 2 nitrogen and oxygen atoms in total. The van der Waals surface area contributed by atoms with Gasteiger partial charge in [0.25, 0.3) is 0 Å². The van der Waals surface area contributed by atoms with E-state index in [-0.39, 0.29) is 12.1 Å². The van der Waals surface area contributed by atoms with Gasteiger partial charge in [-0.2, -0.15) is 0 Å². The highest BCUT2D eigenvalue weighted by molar-refractivity contribution is 5.44. The van der Waals surface area contributed by atoms with Gasteiger partial charge < -0.3 is 10.5 Å². The van der Waals surface area contributed by atoms with Gasteiger partial charge in [-0.15, -0.1) is 0 Å². The molecule has 1 aromatic carbocycles. The molecule has 0 saturated carbocycles. The Morgan fingerprint density at radius 1 is 1.43 bits per heavy atom. The third-order valence-corrected chi connectivity index (χ3v) is 2.91. The van der Waals surface area contributed by atoms with Crippen molar-refractivity contribution in [3.63, 3.8) is 0 Å². The molecule has 14 heavy (non-hydrogen) atoms. The van der Waals surface area contributed by atoms with E-state index in [9.17, 15) is 0 Å². The van der Waals surface area contributed by atoms with E-state index in [4.69, 9.17) is 10.5 Å². The van der Waals surface area contributed by atoms with Crippen molar-refractivity contribution in [2.75, 3.05) is 0 Å². The average molecular weight is 191 g/mol. The Kier molecular flexibility index (Phi) is 2.23. The number of hydrogen-bond donors (Lipinski definition) is 1. The Morgan fingerprint density at radius 3 is 2.79 bits per heavy atom. The van der Waals surface area contributed by atoms with Crippen molar-refractivity contribution in [3.05, 3.63) is 29.3 Å². The second kappa shape index (κ2) is 3.28. The van der Waals surface area contributed by atoms with E-state index in [0.717, 1.165) is 5.75 Å². The molecule has 2 heteroatoms. The van der Waals surface area contributed by atoms with E-state index in [0.29, 0.717) is 5.92 Å². The second-order valence-electron chi connectivity index (χ2n) is 4.25. The third kappa shape index (κ3) is 1.40. The van der Waals surface area contributed by atoms with Gasteiger partial charge in [-0.25, -0.2) is 0 Å². The molecule has 0 aliphatic carbocycles. The number of aryl methyl sites for hydroxylation is 1. The molecule has 0 fully saturated rings. The minimum Gasteiger partial charge on any atom is -0.490 e. The van der Waals surface area contributed by atoms with Crippen molar-refractivity contribution in [1.82, 2.24) is 0 Å². The second-order valence-corrected chi connectivity index (χ2v) is 4.25. The number of ether oxygens (including phenoxy) is 1. The van der Waals surface area contributed by atoms with Crippen LogP contribution >= 0.6 is 0 Å². The number of rotatable bonds is 1. The number of nitrogens with two attached hydrogens (primary N) is 1. The van der Waals surface area contributed by atoms with Crippen LogP contribution in [0.2, 0.25) is 0 Å². The Balaban J connectivity index is 2.42. The standard InChI is InChI=1S/C12H17NO/c1-7-4-5-10-11(6-7)14-9(3)12(10)8(2)13/h4-6,8-9,12H,13H2,1-3H3. The lowest BCUT2D eigenvalue weighted by molar-refractivity contribution is 0.215. The highest BCUT2D eigenvalue weighted by Gasteiger charge is 2.33. The van der Waals surface area contributed by atoms with E-state index in [1.807, 2.05) is 6.92 Å². The molecule has 0 amide bonds. The summed E-state index contributed by atoms with van der Waals surface area (Å²) in [7, 11) is 0. The summed E-state index contributed by atoms with van der Waals surface area (Å²) in [5.41, 5.74) is 8.46. The fourth-order valence-corrected chi connectivity index (χ4v) is 2.26. The summed E-state index contributed by atoms with van der Waals surface area (Å²) in [5.74, 6) is 1.35. The minimum atomic E-state index is 0.147. The summed E-state index contributed by atoms with van der Waals surface area (Å²) >= 11 is 0. The fourth-order valence-electron chi connectivity index (χ4n) is 2.26. The van der Waals surface area contributed by atoms with Crippen LogP contribution in [0.4, 0.5) is 0 Å². The van der Waals surface area contributed by atoms with Gasteiger partial charge in [0.1, 0.15) is 11.9 Å². The van der Waals surface area contributed by atoms with Gasteiger partial charge in [-0.05, 0) is 32.4 Å². The quantitative estimate of drug-likeness (QED) is 0.738. The molecular formula is C12H17NO. The first kappa shape index (κ1) is 9.53. The van der Waals surface area contributed by atoms with Crippen molar-refractivity contribution in [2.45, 2.75) is 38.8 Å². The summed E-state index contributed by atoms with van der Waals surface area (Å²) < 4.78 is 5.78. The predicted molar refractivity (Wildman–Crippen MR) is 57.7 cm³/mol. The Labute approximate surface area is 85.1 Å². The maximum absolute atomic E-state index is 5.96. The van der Waals surface area contributed by atoms with Gasteiger partial charge in [0.15, 0.2) is 0 Å². The van der Waals surface area contributed by atoms with Crippen LogP contribution in [-0.2, 0) is 0 Å². The molecule has 2 N–H and O–H groups in total. The molecule has 0 saturated heterocycles. The molecule has 1 aliphatic rings. The van der Waals surface area contributed by atoms with Crippen LogP contribution in [-0.4, -0.2) is 12.1 Å². The van der Waals surface area contributed by atoms with E-state index in [2.05, 4.69) is 32.0 Å². The van der Waals surface area contributed by atoms with Crippen LogP contribution < -0.4 is 10.5 Å². The highest BCUT2D eigenvalue weighted by atomic mass is 16.5. The monoisotopic (exact) mass is 191 g/mol. The molecule has 0 spiro atoms. The van der Waals surface area contributed by atoms with E-state index >= 15 is 0 Å². The molecule has 1 aromatic rings. The maximum atomic E-state index is 5.96. The lowest BCUT2D eigenvalue weighted by atomic mass is 9.90. The van der Waals surface area contributed by atoms with Crippen molar-refractivity contribution < 1.29 is 4.74 Å². The van der Waals surface area contributed by atoms with E-state index < -0.39 is 0 Å². The number of benzene rings is 1. The fraction of sp³-hybridized carbons (Fsp3) is 0.500. The van der Waals surface area contributed by atoms with Crippen molar-refractivity contribution in [3.8, 4) is 5.75 Å². The molecule has 0 bridgehead atoms. The first-order chi connectivity index (χ1) is 6.59. The molecule has 3 atom stereocenters. The van der Waals surface area contributed by atoms with Gasteiger partial charge in [0, 0.05) is 17.5 Å². The lowest BCUT2D eigenvalue weighted by Crippen LogP contribution is -2.30. The van der Waals surface area contributed by atoms with Crippen LogP contribution in [0.3, 0.4) is 0 Å². The summed E-state index contributed by atoms with van der Waals surface area (Å²) in [6.45, 7) is 6.20. The highest BCUT2D eigenvalue weighted by Crippen LogP contribution is 2.39. The lowest BCUT2D eigenvalue weighted by Gasteiger charge is -2.18. The van der Waals surface area contributed by atoms with Crippen LogP contribution in [0.5, 0.6) is 5.75 Å². The summed E-state index contributed by atoms with van der Waals surface area (Å²) in [6, 6.07) is 6.50. The zero-order chi connectivity index (χ0) is 10.3. The van der Waals surface area contributed by atoms with Crippen molar-refractivity contribution in [1.29, 1.82) is 0 Å². The molecule has 1 aliphatic heterocycles. The largest absolute Gasteiger partial charge is 0.490 e. The zero-order valence-corrected chi connectivity index (χ0v) is 8.95. The normalized spacial score (nSPS) is 26.9. The van der Waals surface area contributed by atoms with Gasteiger partial charge in [-0.1, -0.05) is 12.1 Å². The summed E-state index contributed by atoms with van der Waals surface area (Å²) in [6.07, 6.45) is 0.201. The van der Waals surface area contributed by atoms with Crippen LogP contribution in [0.25, 0.3) is 0 Å². The van der Waals surface area contributed by atoms with Crippen molar-refractivity contribution >= 4 is 0 Å². The minimum absolute atomic E-state index is 0.147. The van der Waals surface area contributed by atoms with Crippen LogP contribution in [0.15, 0.2) is 18.2 Å². The van der Waals surface area contributed by atoms with Gasteiger partial charge >= 0.3 is 0 Å². The topological polar surface area (TPSA) is 35.2 Å². The van der Waals surface area contributed by atoms with Crippen LogP contribution in [0.1, 0.15) is 30.9 Å². The van der Waals surface area contributed by atoms with Gasteiger partial charge in [-0.3, -0.25) is 0 Å². The molecule has 3 unspecified atom stereocenters. The Bertz CT molecular complexity index is 346. The smallest absolute Gasteiger partial charge is 0.123 e. The Hall–Kier alpha value is -1.02.